The minimum Gasteiger partial charge on any atom is -0.481 e. The Morgan fingerprint density at radius 2 is 1.95 bits per heavy atom. The van der Waals surface area contributed by atoms with Gasteiger partial charge in [0.15, 0.2) is 0 Å². The lowest BCUT2D eigenvalue weighted by atomic mass is 10.0. The van der Waals surface area contributed by atoms with Crippen molar-refractivity contribution in [3.05, 3.63) is 0 Å². The highest BCUT2D eigenvalue weighted by molar-refractivity contribution is 5.82. The lowest BCUT2D eigenvalue weighted by molar-refractivity contribution is -0.142. The second-order valence-corrected chi connectivity index (χ2v) is 5.86. The van der Waals surface area contributed by atoms with Gasteiger partial charge in [-0.15, -0.1) is 0 Å². The summed E-state index contributed by atoms with van der Waals surface area (Å²) in [6, 6.07) is 0.0192. The van der Waals surface area contributed by atoms with Gasteiger partial charge in [0.25, 0.3) is 0 Å². The molecule has 0 aromatic rings. The third-order valence-corrected chi connectivity index (χ3v) is 4.68. The molecule has 20 heavy (non-hydrogen) atoms. The number of carboxylic acid groups (broad SMARTS) is 1. The van der Waals surface area contributed by atoms with E-state index in [1.165, 1.54) is 0 Å². The van der Waals surface area contributed by atoms with Crippen LogP contribution >= 0.6 is 0 Å². The van der Waals surface area contributed by atoms with Gasteiger partial charge in [-0.3, -0.25) is 9.59 Å². The first-order valence-electron chi connectivity index (χ1n) is 7.12. The Labute approximate surface area is 116 Å². The average molecular weight is 281 g/mol. The maximum Gasteiger partial charge on any atom is 0.317 e. The van der Waals surface area contributed by atoms with Crippen molar-refractivity contribution in [1.29, 1.82) is 0 Å². The topological polar surface area (TPSA) is 90.0 Å². The molecule has 0 radical (unpaired) electrons. The van der Waals surface area contributed by atoms with Crippen molar-refractivity contribution in [1.82, 2.24) is 15.1 Å². The molecule has 7 heteroatoms. The maximum atomic E-state index is 12.4. The molecule has 0 spiro atoms. The van der Waals surface area contributed by atoms with Crippen LogP contribution in [0.2, 0.25) is 0 Å². The molecule has 110 valence electrons. The number of piperazine rings is 1. The number of rotatable bonds is 2. The van der Waals surface area contributed by atoms with Gasteiger partial charge in [0.05, 0.1) is 12.0 Å². The van der Waals surface area contributed by atoms with Gasteiger partial charge in [-0.2, -0.15) is 0 Å². The standard InChI is InChI=1S/C13H19N3O4/c17-11(8-1-2-9(5-8)12(18)19)15-3-4-16-10(7-15)6-14-13(16)20/h8-10H,1-7H2,(H,14,20)(H,18,19). The van der Waals surface area contributed by atoms with Crippen molar-refractivity contribution in [2.24, 2.45) is 11.8 Å². The predicted molar refractivity (Wildman–Crippen MR) is 68.9 cm³/mol. The molecular formula is C13H19N3O4. The number of aliphatic carboxylic acids is 1. The molecule has 3 aliphatic rings. The molecule has 3 atom stereocenters. The fourth-order valence-electron chi connectivity index (χ4n) is 3.49. The Morgan fingerprint density at radius 1 is 1.20 bits per heavy atom. The summed E-state index contributed by atoms with van der Waals surface area (Å²) in [6.45, 7) is 2.27. The molecule has 0 bridgehead atoms. The zero-order valence-corrected chi connectivity index (χ0v) is 11.2. The number of urea groups is 1. The minimum absolute atomic E-state index is 0.0473. The Morgan fingerprint density at radius 3 is 2.65 bits per heavy atom. The van der Waals surface area contributed by atoms with E-state index in [0.29, 0.717) is 45.4 Å². The molecule has 1 saturated carbocycles. The molecule has 2 heterocycles. The fraction of sp³-hybridized carbons (Fsp3) is 0.769. The zero-order valence-electron chi connectivity index (χ0n) is 11.2. The molecule has 0 aromatic heterocycles. The van der Waals surface area contributed by atoms with Crippen molar-refractivity contribution >= 4 is 17.9 Å². The van der Waals surface area contributed by atoms with E-state index in [2.05, 4.69) is 5.32 Å². The smallest absolute Gasteiger partial charge is 0.317 e. The quantitative estimate of drug-likeness (QED) is 0.728. The van der Waals surface area contributed by atoms with Crippen LogP contribution in [0.1, 0.15) is 19.3 Å². The van der Waals surface area contributed by atoms with Crippen molar-refractivity contribution in [3.63, 3.8) is 0 Å². The number of carbonyl (C=O) groups is 3. The Bertz CT molecular complexity index is 453. The maximum absolute atomic E-state index is 12.4. The van der Waals surface area contributed by atoms with Gasteiger partial charge < -0.3 is 20.2 Å². The van der Waals surface area contributed by atoms with Crippen molar-refractivity contribution in [2.45, 2.75) is 25.3 Å². The van der Waals surface area contributed by atoms with Gasteiger partial charge in [-0.25, -0.2) is 4.79 Å². The summed E-state index contributed by atoms with van der Waals surface area (Å²) < 4.78 is 0. The van der Waals surface area contributed by atoms with Gasteiger partial charge in [0.1, 0.15) is 0 Å². The molecule has 2 N–H and O–H groups in total. The van der Waals surface area contributed by atoms with E-state index in [0.717, 1.165) is 0 Å². The number of hydrogen-bond acceptors (Lipinski definition) is 3. The van der Waals surface area contributed by atoms with E-state index >= 15 is 0 Å². The largest absolute Gasteiger partial charge is 0.481 e. The van der Waals surface area contributed by atoms with Gasteiger partial charge in [0, 0.05) is 32.1 Å². The van der Waals surface area contributed by atoms with E-state index in [4.69, 9.17) is 5.11 Å². The first-order chi connectivity index (χ1) is 9.56. The highest BCUT2D eigenvalue weighted by Crippen LogP contribution is 2.33. The van der Waals surface area contributed by atoms with Gasteiger partial charge in [-0.05, 0) is 19.3 Å². The molecule has 7 nitrogen and oxygen atoms in total. The second kappa shape index (κ2) is 4.96. The Kier molecular flexibility index (Phi) is 3.27. The Balaban J connectivity index is 1.59. The molecule has 3 amide bonds. The first kappa shape index (κ1) is 13.2. The number of carboxylic acids is 1. The third-order valence-electron chi connectivity index (χ3n) is 4.68. The highest BCUT2D eigenvalue weighted by Gasteiger charge is 2.40. The lowest BCUT2D eigenvalue weighted by Gasteiger charge is -2.37. The van der Waals surface area contributed by atoms with Crippen molar-refractivity contribution in [2.75, 3.05) is 26.2 Å². The SMILES string of the molecule is O=C(O)C1CCC(C(=O)N2CCN3C(=O)NCC3C2)C1. The summed E-state index contributed by atoms with van der Waals surface area (Å²) in [5.74, 6) is -1.27. The molecule has 2 saturated heterocycles. The third kappa shape index (κ3) is 2.21. The van der Waals surface area contributed by atoms with Crippen molar-refractivity contribution < 1.29 is 19.5 Å². The van der Waals surface area contributed by atoms with Crippen LogP contribution in [0.3, 0.4) is 0 Å². The molecule has 2 aliphatic heterocycles. The van der Waals surface area contributed by atoms with Crippen LogP contribution in [0.4, 0.5) is 4.79 Å². The minimum atomic E-state index is -0.796. The van der Waals surface area contributed by atoms with Crippen LogP contribution < -0.4 is 5.32 Å². The number of fused-ring (bicyclic) bond motifs is 1. The number of carbonyl (C=O) groups excluding carboxylic acids is 2. The molecule has 3 rings (SSSR count). The highest BCUT2D eigenvalue weighted by atomic mass is 16.4. The number of nitrogens with one attached hydrogen (secondary N) is 1. The van der Waals surface area contributed by atoms with E-state index in [1.54, 1.807) is 9.80 Å². The summed E-state index contributed by atoms with van der Waals surface area (Å²) in [5.41, 5.74) is 0. The van der Waals surface area contributed by atoms with E-state index in [9.17, 15) is 14.4 Å². The van der Waals surface area contributed by atoms with E-state index < -0.39 is 5.97 Å². The van der Waals surface area contributed by atoms with Crippen LogP contribution in [-0.2, 0) is 9.59 Å². The summed E-state index contributed by atoms with van der Waals surface area (Å²) in [7, 11) is 0. The Hall–Kier alpha value is -1.79. The summed E-state index contributed by atoms with van der Waals surface area (Å²) in [4.78, 5) is 38.5. The van der Waals surface area contributed by atoms with Crippen molar-refractivity contribution in [3.8, 4) is 0 Å². The predicted octanol–water partition coefficient (Wildman–Crippen LogP) is -0.277. The summed E-state index contributed by atoms with van der Waals surface area (Å²) in [5, 5.41) is 11.8. The lowest BCUT2D eigenvalue weighted by Crippen LogP contribution is -2.54. The fourth-order valence-corrected chi connectivity index (χ4v) is 3.49. The van der Waals surface area contributed by atoms with Gasteiger partial charge in [0.2, 0.25) is 5.91 Å². The van der Waals surface area contributed by atoms with Crippen LogP contribution in [0.15, 0.2) is 0 Å². The molecule has 3 unspecified atom stereocenters. The zero-order chi connectivity index (χ0) is 14.3. The van der Waals surface area contributed by atoms with Gasteiger partial charge >= 0.3 is 12.0 Å². The molecule has 3 fully saturated rings. The summed E-state index contributed by atoms with van der Waals surface area (Å²) in [6.07, 6.45) is 1.71. The number of hydrogen-bond donors (Lipinski definition) is 2. The summed E-state index contributed by atoms with van der Waals surface area (Å²) >= 11 is 0. The van der Waals surface area contributed by atoms with Gasteiger partial charge in [-0.1, -0.05) is 0 Å². The first-order valence-corrected chi connectivity index (χ1v) is 7.12. The monoisotopic (exact) mass is 281 g/mol. The van der Waals surface area contributed by atoms with Crippen LogP contribution in [0, 0.1) is 11.8 Å². The van der Waals surface area contributed by atoms with Crippen LogP contribution in [0.25, 0.3) is 0 Å². The van der Waals surface area contributed by atoms with Crippen LogP contribution in [0.5, 0.6) is 0 Å². The molecular weight excluding hydrogens is 262 g/mol. The number of amides is 3. The normalized spacial score (nSPS) is 33.0. The van der Waals surface area contributed by atoms with Crippen LogP contribution in [-0.4, -0.2) is 65.0 Å². The van der Waals surface area contributed by atoms with E-state index in [1.807, 2.05) is 0 Å². The molecule has 1 aliphatic carbocycles. The molecule has 0 aromatic carbocycles. The number of nitrogens with zero attached hydrogens (tertiary/aromatic N) is 2. The van der Waals surface area contributed by atoms with E-state index in [-0.39, 0.29) is 29.8 Å². The average Bonchev–Trinajstić information content (AvgIpc) is 3.05. The second-order valence-electron chi connectivity index (χ2n) is 5.86.